The van der Waals surface area contributed by atoms with Gasteiger partial charge in [-0.2, -0.15) is 0 Å². The molecule has 0 fully saturated rings. The minimum atomic E-state index is -5.24. The van der Waals surface area contributed by atoms with E-state index in [1.807, 2.05) is 0 Å². The molecule has 0 aliphatic carbocycles. The number of phosphoric acid groups is 1. The van der Waals surface area contributed by atoms with Crippen LogP contribution in [0.15, 0.2) is 0 Å². The number of nitrogens with one attached hydrogen (secondary N) is 1. The van der Waals surface area contributed by atoms with E-state index in [4.69, 9.17) is 9.47 Å². The molecule has 0 radical (unpaired) electrons. The van der Waals surface area contributed by atoms with Gasteiger partial charge in [-0.05, 0) is 19.3 Å². The van der Waals surface area contributed by atoms with E-state index in [-0.39, 0.29) is 84.5 Å². The van der Waals surface area contributed by atoms with Crippen LogP contribution in [-0.4, -0.2) is 43.7 Å². The topological polar surface area (TPSA) is 154 Å². The number of amides is 1. The first-order chi connectivity index (χ1) is 17.1. The number of carbonyl (C=O) groups is 3. The molecular weight excluding hydrogens is 535 g/mol. The molecule has 212 valence electrons. The SMILES string of the molecule is CCCCCCCC(=O)O[C@H](COC(=O)CCCCCCCCCCCNC(C)=O)COP(=O)([O-])[O-].[Na+].[Na+]. The van der Waals surface area contributed by atoms with Crippen molar-refractivity contribution in [3.63, 3.8) is 0 Å². The zero-order valence-corrected chi connectivity index (χ0v) is 29.0. The number of unbranched alkanes of at least 4 members (excludes halogenated alkanes) is 12. The number of hydrogen-bond acceptors (Lipinski definition) is 9. The van der Waals surface area contributed by atoms with Crippen molar-refractivity contribution in [2.24, 2.45) is 0 Å². The zero-order chi connectivity index (χ0) is 27.1. The van der Waals surface area contributed by atoms with E-state index < -0.39 is 32.5 Å². The van der Waals surface area contributed by atoms with Crippen LogP contribution < -0.4 is 74.2 Å². The van der Waals surface area contributed by atoms with Crippen LogP contribution in [0.1, 0.15) is 117 Å². The van der Waals surface area contributed by atoms with Crippen LogP contribution in [0.5, 0.6) is 0 Å². The fourth-order valence-electron chi connectivity index (χ4n) is 3.56. The average Bonchev–Trinajstić information content (AvgIpc) is 2.80. The maximum Gasteiger partial charge on any atom is 1.00 e. The van der Waals surface area contributed by atoms with Gasteiger partial charge in [-0.3, -0.25) is 14.4 Å². The Balaban J connectivity index is -0.00000612. The first-order valence-electron chi connectivity index (χ1n) is 13.4. The van der Waals surface area contributed by atoms with Crippen LogP contribution in [0.3, 0.4) is 0 Å². The van der Waals surface area contributed by atoms with Crippen molar-refractivity contribution in [1.29, 1.82) is 0 Å². The second-order valence-corrected chi connectivity index (χ2v) is 10.3. The summed E-state index contributed by atoms with van der Waals surface area (Å²) in [5.74, 6) is -1.01. The molecule has 10 nitrogen and oxygen atoms in total. The summed E-state index contributed by atoms with van der Waals surface area (Å²) in [4.78, 5) is 56.3. The number of esters is 2. The molecule has 0 bridgehead atoms. The normalized spacial score (nSPS) is 11.6. The molecule has 0 heterocycles. The van der Waals surface area contributed by atoms with Crippen molar-refractivity contribution in [3.8, 4) is 0 Å². The molecule has 38 heavy (non-hydrogen) atoms. The third-order valence-corrected chi connectivity index (χ3v) is 6.03. The van der Waals surface area contributed by atoms with Gasteiger partial charge in [0, 0.05) is 26.3 Å². The summed E-state index contributed by atoms with van der Waals surface area (Å²) < 4.78 is 25.3. The molecule has 0 aliphatic heterocycles. The van der Waals surface area contributed by atoms with E-state index in [1.54, 1.807) is 0 Å². The Hall–Kier alpha value is 0.520. The molecule has 0 saturated heterocycles. The van der Waals surface area contributed by atoms with Crippen LogP contribution in [-0.2, 0) is 32.9 Å². The summed E-state index contributed by atoms with van der Waals surface area (Å²) in [6.45, 7) is 3.31. The molecule has 0 saturated carbocycles. The molecule has 1 atom stereocenters. The molecule has 0 spiro atoms. The number of rotatable bonds is 24. The third-order valence-electron chi connectivity index (χ3n) is 5.56. The van der Waals surface area contributed by atoms with E-state index in [0.29, 0.717) is 12.8 Å². The predicted molar refractivity (Wildman–Crippen MR) is 133 cm³/mol. The van der Waals surface area contributed by atoms with Gasteiger partial charge in [0.15, 0.2) is 6.10 Å². The van der Waals surface area contributed by atoms with Gasteiger partial charge in [0.2, 0.25) is 5.91 Å². The van der Waals surface area contributed by atoms with Crippen molar-refractivity contribution >= 4 is 25.7 Å². The molecule has 0 aliphatic rings. The van der Waals surface area contributed by atoms with Gasteiger partial charge in [-0.1, -0.05) is 77.6 Å². The van der Waals surface area contributed by atoms with Crippen LogP contribution in [0, 0.1) is 0 Å². The van der Waals surface area contributed by atoms with E-state index in [0.717, 1.165) is 83.6 Å². The Morgan fingerprint density at radius 2 is 1.21 bits per heavy atom. The molecular formula is C25H46NNa2O9P. The van der Waals surface area contributed by atoms with Crippen molar-refractivity contribution in [1.82, 2.24) is 5.32 Å². The third kappa shape index (κ3) is 32.7. The number of phosphoric ester groups is 1. The monoisotopic (exact) mass is 581 g/mol. The Kier molecular flexibility index (Phi) is 32.8. The fraction of sp³-hybridized carbons (Fsp3) is 0.880. The maximum atomic E-state index is 12.0. The minimum absolute atomic E-state index is 0. The molecule has 0 aromatic carbocycles. The van der Waals surface area contributed by atoms with Gasteiger partial charge in [0.1, 0.15) is 6.61 Å². The van der Waals surface area contributed by atoms with Gasteiger partial charge in [0.05, 0.1) is 14.4 Å². The number of ether oxygens (including phenoxy) is 2. The second kappa shape index (κ2) is 29.0. The Morgan fingerprint density at radius 1 is 0.737 bits per heavy atom. The number of carbonyl (C=O) groups excluding carboxylic acids is 3. The largest absolute Gasteiger partial charge is 1.00 e. The van der Waals surface area contributed by atoms with Gasteiger partial charge >= 0.3 is 71.1 Å². The summed E-state index contributed by atoms with van der Waals surface area (Å²) in [6.07, 6.45) is 13.2. The molecule has 0 aromatic rings. The summed E-state index contributed by atoms with van der Waals surface area (Å²) >= 11 is 0. The summed E-state index contributed by atoms with van der Waals surface area (Å²) in [5, 5.41) is 2.79. The first kappa shape index (κ1) is 43.0. The first-order valence-corrected chi connectivity index (χ1v) is 14.9. The van der Waals surface area contributed by atoms with E-state index >= 15 is 0 Å². The summed E-state index contributed by atoms with van der Waals surface area (Å²) in [6, 6.07) is 0. The summed E-state index contributed by atoms with van der Waals surface area (Å²) in [5.41, 5.74) is 0. The quantitative estimate of drug-likeness (QED) is 0.0573. The Labute approximate surface area is 273 Å². The summed E-state index contributed by atoms with van der Waals surface area (Å²) in [7, 11) is -5.24. The van der Waals surface area contributed by atoms with Crippen LogP contribution in [0.4, 0.5) is 0 Å². The van der Waals surface area contributed by atoms with Crippen LogP contribution in [0.25, 0.3) is 0 Å². The fourth-order valence-corrected chi connectivity index (χ4v) is 3.91. The second-order valence-electron chi connectivity index (χ2n) is 9.12. The van der Waals surface area contributed by atoms with Crippen molar-refractivity contribution in [2.75, 3.05) is 19.8 Å². The van der Waals surface area contributed by atoms with Crippen LogP contribution >= 0.6 is 7.82 Å². The van der Waals surface area contributed by atoms with Crippen molar-refractivity contribution < 1.29 is 102 Å². The van der Waals surface area contributed by atoms with Crippen molar-refractivity contribution in [3.05, 3.63) is 0 Å². The van der Waals surface area contributed by atoms with Gasteiger partial charge < -0.3 is 33.7 Å². The maximum absolute atomic E-state index is 12.0. The van der Waals surface area contributed by atoms with E-state index in [9.17, 15) is 28.7 Å². The Bertz CT molecular complexity index is 650. The van der Waals surface area contributed by atoms with Gasteiger partial charge in [-0.25, -0.2) is 0 Å². The zero-order valence-electron chi connectivity index (χ0n) is 24.1. The van der Waals surface area contributed by atoms with Gasteiger partial charge in [-0.15, -0.1) is 0 Å². The standard InChI is InChI=1S/C25H48NO9P.2Na/c1-3-4-5-11-15-18-25(29)35-23(21-34-36(30,31)32)20-33-24(28)17-14-12-9-7-6-8-10-13-16-19-26-22(2)27;;/h23H,3-21H2,1-2H3,(H,26,27)(H2,30,31,32);;/q;2*+1/p-2/t23-;;/m1../s1. The smallest absolute Gasteiger partial charge is 0.790 e. The molecule has 0 unspecified atom stereocenters. The molecule has 0 rings (SSSR count). The van der Waals surface area contributed by atoms with E-state index in [2.05, 4.69) is 16.8 Å². The number of hydrogen-bond donors (Lipinski definition) is 1. The van der Waals surface area contributed by atoms with Gasteiger partial charge in [0.25, 0.3) is 0 Å². The minimum Gasteiger partial charge on any atom is -0.790 e. The Morgan fingerprint density at radius 3 is 1.71 bits per heavy atom. The average molecular weight is 582 g/mol. The predicted octanol–water partition coefficient (Wildman–Crippen LogP) is -2.31. The van der Waals surface area contributed by atoms with Crippen molar-refractivity contribution in [2.45, 2.75) is 123 Å². The van der Waals surface area contributed by atoms with E-state index in [1.165, 1.54) is 6.92 Å². The van der Waals surface area contributed by atoms with Crippen LogP contribution in [0.2, 0.25) is 0 Å². The molecule has 1 amide bonds. The molecule has 1 N–H and O–H groups in total. The molecule has 0 aromatic heterocycles. The molecule has 13 heteroatoms.